The highest BCUT2D eigenvalue weighted by atomic mass is 35.5. The van der Waals surface area contributed by atoms with E-state index in [9.17, 15) is 0 Å². The smallest absolute Gasteiger partial charge is 0.119 e. The molecule has 2 aromatic carbocycles. The first kappa shape index (κ1) is 18.3. The maximum atomic E-state index is 6.45. The van der Waals surface area contributed by atoms with Gasteiger partial charge in [0.15, 0.2) is 0 Å². The molecular weight excluding hydrogens is 332 g/mol. The van der Waals surface area contributed by atoms with Gasteiger partial charge < -0.3 is 9.47 Å². The molecule has 25 heavy (non-hydrogen) atoms. The Balaban J connectivity index is 1.75. The summed E-state index contributed by atoms with van der Waals surface area (Å²) in [6.45, 7) is 7.12. The van der Waals surface area contributed by atoms with Crippen molar-refractivity contribution in [2.75, 3.05) is 6.61 Å². The maximum Gasteiger partial charge on any atom is 0.119 e. The van der Waals surface area contributed by atoms with Crippen LogP contribution in [0.2, 0.25) is 5.02 Å². The van der Waals surface area contributed by atoms with Crippen LogP contribution in [0.25, 0.3) is 0 Å². The molecule has 0 bridgehead atoms. The standard InChI is InChI=1S/C22H27ClO2/c1-4-24-20-9-6-17(7-10-20)13-19-14-18(8-11-21(19)23)22-12-5-15(2)16(3)25-22/h6-11,14-16,22H,4-5,12-13H2,1-3H3. The van der Waals surface area contributed by atoms with E-state index in [4.69, 9.17) is 21.1 Å². The van der Waals surface area contributed by atoms with Crippen LogP contribution in [0, 0.1) is 5.92 Å². The van der Waals surface area contributed by atoms with E-state index in [-0.39, 0.29) is 6.10 Å². The molecule has 0 radical (unpaired) electrons. The van der Waals surface area contributed by atoms with E-state index in [1.54, 1.807) is 0 Å². The van der Waals surface area contributed by atoms with Crippen molar-refractivity contribution in [3.63, 3.8) is 0 Å². The third kappa shape index (κ3) is 4.56. The van der Waals surface area contributed by atoms with Gasteiger partial charge in [0, 0.05) is 5.02 Å². The number of ether oxygens (including phenoxy) is 2. The van der Waals surface area contributed by atoms with E-state index in [1.165, 1.54) is 17.5 Å². The summed E-state index contributed by atoms with van der Waals surface area (Å²) >= 11 is 6.45. The van der Waals surface area contributed by atoms with Gasteiger partial charge in [0.05, 0.1) is 18.8 Å². The van der Waals surface area contributed by atoms with Gasteiger partial charge in [-0.2, -0.15) is 0 Å². The predicted octanol–water partition coefficient (Wildman–Crippen LogP) is 6.21. The molecule has 1 heterocycles. The Hall–Kier alpha value is -1.51. The average Bonchev–Trinajstić information content (AvgIpc) is 2.61. The second kappa shape index (κ2) is 8.25. The number of hydrogen-bond acceptors (Lipinski definition) is 2. The van der Waals surface area contributed by atoms with Gasteiger partial charge in [-0.1, -0.05) is 42.8 Å². The Bertz CT molecular complexity index is 696. The summed E-state index contributed by atoms with van der Waals surface area (Å²) in [5, 5.41) is 0.815. The highest BCUT2D eigenvalue weighted by Gasteiger charge is 2.26. The fraction of sp³-hybridized carbons (Fsp3) is 0.455. The summed E-state index contributed by atoms with van der Waals surface area (Å²) in [6.07, 6.45) is 3.60. The summed E-state index contributed by atoms with van der Waals surface area (Å²) in [7, 11) is 0. The van der Waals surface area contributed by atoms with E-state index < -0.39 is 0 Å². The molecule has 3 rings (SSSR count). The second-order valence-corrected chi connectivity index (χ2v) is 7.40. The van der Waals surface area contributed by atoms with Gasteiger partial charge in [0.1, 0.15) is 5.75 Å². The Labute approximate surface area is 156 Å². The highest BCUT2D eigenvalue weighted by Crippen LogP contribution is 2.35. The van der Waals surface area contributed by atoms with Crippen LogP contribution in [-0.4, -0.2) is 12.7 Å². The largest absolute Gasteiger partial charge is 0.494 e. The van der Waals surface area contributed by atoms with Gasteiger partial charge in [-0.25, -0.2) is 0 Å². The van der Waals surface area contributed by atoms with Crippen LogP contribution in [0.1, 0.15) is 56.4 Å². The average molecular weight is 359 g/mol. The van der Waals surface area contributed by atoms with Crippen LogP contribution in [-0.2, 0) is 11.2 Å². The second-order valence-electron chi connectivity index (χ2n) is 6.99. The Morgan fingerprint density at radius 2 is 1.84 bits per heavy atom. The zero-order valence-corrected chi connectivity index (χ0v) is 16.1. The van der Waals surface area contributed by atoms with Gasteiger partial charge >= 0.3 is 0 Å². The molecule has 3 heteroatoms. The first-order valence-corrected chi connectivity index (χ1v) is 9.60. The van der Waals surface area contributed by atoms with Crippen molar-refractivity contribution in [2.24, 2.45) is 5.92 Å². The minimum absolute atomic E-state index is 0.183. The van der Waals surface area contributed by atoms with Crippen molar-refractivity contribution in [2.45, 2.75) is 52.2 Å². The molecule has 0 aliphatic carbocycles. The van der Waals surface area contributed by atoms with Crippen molar-refractivity contribution >= 4 is 11.6 Å². The molecule has 1 saturated heterocycles. The quantitative estimate of drug-likeness (QED) is 0.633. The van der Waals surface area contributed by atoms with E-state index in [0.29, 0.717) is 18.6 Å². The van der Waals surface area contributed by atoms with Crippen molar-refractivity contribution in [3.05, 3.63) is 64.2 Å². The minimum atomic E-state index is 0.183. The Kier molecular flexibility index (Phi) is 6.03. The van der Waals surface area contributed by atoms with Crippen molar-refractivity contribution in [1.29, 1.82) is 0 Å². The third-order valence-electron chi connectivity index (χ3n) is 5.13. The lowest BCUT2D eigenvalue weighted by Crippen LogP contribution is -2.27. The summed E-state index contributed by atoms with van der Waals surface area (Å²) in [5.41, 5.74) is 3.62. The van der Waals surface area contributed by atoms with Gasteiger partial charge in [0.2, 0.25) is 0 Å². The molecule has 134 valence electrons. The van der Waals surface area contributed by atoms with Crippen LogP contribution in [0.3, 0.4) is 0 Å². The first-order chi connectivity index (χ1) is 12.1. The summed E-state index contributed by atoms with van der Waals surface area (Å²) in [4.78, 5) is 0. The van der Waals surface area contributed by atoms with Gasteiger partial charge in [-0.05, 0) is 73.9 Å². The van der Waals surface area contributed by atoms with E-state index in [1.807, 2.05) is 25.1 Å². The molecular formula is C22H27ClO2. The summed E-state index contributed by atoms with van der Waals surface area (Å²) < 4.78 is 11.7. The highest BCUT2D eigenvalue weighted by molar-refractivity contribution is 6.31. The lowest BCUT2D eigenvalue weighted by molar-refractivity contribution is -0.0707. The predicted molar refractivity (Wildman–Crippen MR) is 104 cm³/mol. The summed E-state index contributed by atoms with van der Waals surface area (Å²) in [5.74, 6) is 1.54. The van der Waals surface area contributed by atoms with Crippen LogP contribution < -0.4 is 4.74 Å². The summed E-state index contributed by atoms with van der Waals surface area (Å²) in [6, 6.07) is 14.6. The zero-order valence-electron chi connectivity index (χ0n) is 15.3. The topological polar surface area (TPSA) is 18.5 Å². The van der Waals surface area contributed by atoms with Crippen LogP contribution in [0.5, 0.6) is 5.75 Å². The Morgan fingerprint density at radius 3 is 2.52 bits per heavy atom. The first-order valence-electron chi connectivity index (χ1n) is 9.22. The Morgan fingerprint density at radius 1 is 1.08 bits per heavy atom. The lowest BCUT2D eigenvalue weighted by atomic mass is 9.90. The van der Waals surface area contributed by atoms with Crippen molar-refractivity contribution < 1.29 is 9.47 Å². The monoisotopic (exact) mass is 358 g/mol. The SMILES string of the molecule is CCOc1ccc(Cc2cc(C3CCC(C)C(C)O3)ccc2Cl)cc1. The molecule has 0 spiro atoms. The van der Waals surface area contributed by atoms with Gasteiger partial charge in [0.25, 0.3) is 0 Å². The molecule has 0 N–H and O–H groups in total. The molecule has 2 aromatic rings. The molecule has 1 aliphatic rings. The lowest BCUT2D eigenvalue weighted by Gasteiger charge is -2.33. The van der Waals surface area contributed by atoms with Gasteiger partial charge in [-0.15, -0.1) is 0 Å². The van der Waals surface area contributed by atoms with Crippen LogP contribution in [0.15, 0.2) is 42.5 Å². The number of hydrogen-bond donors (Lipinski definition) is 0. The molecule has 2 nitrogen and oxygen atoms in total. The van der Waals surface area contributed by atoms with Crippen molar-refractivity contribution in [3.8, 4) is 5.75 Å². The fourth-order valence-corrected chi connectivity index (χ4v) is 3.56. The maximum absolute atomic E-state index is 6.45. The normalized spacial score (nSPS) is 23.4. The number of benzene rings is 2. The molecule has 1 fully saturated rings. The number of halogens is 1. The van der Waals surface area contributed by atoms with Crippen LogP contribution in [0.4, 0.5) is 0 Å². The molecule has 0 amide bonds. The van der Waals surface area contributed by atoms with Crippen molar-refractivity contribution in [1.82, 2.24) is 0 Å². The number of rotatable bonds is 5. The fourth-order valence-electron chi connectivity index (χ4n) is 3.38. The molecule has 0 aromatic heterocycles. The zero-order chi connectivity index (χ0) is 17.8. The molecule has 3 atom stereocenters. The third-order valence-corrected chi connectivity index (χ3v) is 5.50. The van der Waals surface area contributed by atoms with Gasteiger partial charge in [-0.3, -0.25) is 0 Å². The van der Waals surface area contributed by atoms with E-state index in [2.05, 4.69) is 38.1 Å². The molecule has 0 saturated carbocycles. The minimum Gasteiger partial charge on any atom is -0.494 e. The van der Waals surface area contributed by atoms with E-state index >= 15 is 0 Å². The van der Waals surface area contributed by atoms with Crippen LogP contribution >= 0.6 is 11.6 Å². The van der Waals surface area contributed by atoms with E-state index in [0.717, 1.165) is 29.2 Å². The molecule has 3 unspecified atom stereocenters. The molecule has 1 aliphatic heterocycles.